The van der Waals surface area contributed by atoms with Gasteiger partial charge in [0.2, 0.25) is 5.82 Å². The highest BCUT2D eigenvalue weighted by molar-refractivity contribution is 6.30. The summed E-state index contributed by atoms with van der Waals surface area (Å²) in [6, 6.07) is 7.13. The van der Waals surface area contributed by atoms with Gasteiger partial charge in [0.15, 0.2) is 0 Å². The van der Waals surface area contributed by atoms with Crippen molar-refractivity contribution in [1.82, 2.24) is 24.7 Å². The zero-order valence-corrected chi connectivity index (χ0v) is 15.7. The molecule has 2 heterocycles. The van der Waals surface area contributed by atoms with Crippen molar-refractivity contribution >= 4 is 23.2 Å². The third-order valence-electron chi connectivity index (χ3n) is 3.62. The Balaban J connectivity index is 1.78. The summed E-state index contributed by atoms with van der Waals surface area (Å²) in [7, 11) is 0. The first-order valence-corrected chi connectivity index (χ1v) is 8.45. The van der Waals surface area contributed by atoms with E-state index in [0.29, 0.717) is 22.4 Å². The number of carbonyl (C=O) groups excluding carboxylic acids is 1. The van der Waals surface area contributed by atoms with E-state index in [9.17, 15) is 4.79 Å². The van der Waals surface area contributed by atoms with Crippen molar-refractivity contribution in [3.63, 3.8) is 0 Å². The molecule has 0 fully saturated rings. The third kappa shape index (κ3) is 3.88. The fourth-order valence-electron chi connectivity index (χ4n) is 2.28. The summed E-state index contributed by atoms with van der Waals surface area (Å²) >= 11 is 5.90. The lowest BCUT2D eigenvalue weighted by atomic mass is 9.96. The zero-order valence-electron chi connectivity index (χ0n) is 15.0. The predicted octanol–water partition coefficient (Wildman–Crippen LogP) is 3.57. The van der Waals surface area contributed by atoms with Crippen LogP contribution in [0, 0.1) is 6.92 Å². The molecular formula is C18H19ClN6O. The Hall–Kier alpha value is -2.80. The van der Waals surface area contributed by atoms with Gasteiger partial charge < -0.3 is 5.32 Å². The minimum Gasteiger partial charge on any atom is -0.317 e. The quantitative estimate of drug-likeness (QED) is 0.761. The van der Waals surface area contributed by atoms with E-state index in [2.05, 4.69) is 25.4 Å². The molecule has 0 aliphatic rings. The maximum Gasteiger partial charge on any atom is 0.295 e. The van der Waals surface area contributed by atoms with Crippen molar-refractivity contribution in [1.29, 1.82) is 0 Å². The molecule has 1 amide bonds. The molecule has 1 aromatic carbocycles. The number of amides is 1. The number of nitrogens with one attached hydrogen (secondary N) is 1. The second-order valence-corrected chi connectivity index (χ2v) is 7.31. The van der Waals surface area contributed by atoms with E-state index >= 15 is 0 Å². The zero-order chi connectivity index (χ0) is 18.9. The molecule has 0 saturated heterocycles. The maximum absolute atomic E-state index is 12.4. The van der Waals surface area contributed by atoms with Crippen LogP contribution in [0.25, 0.3) is 5.69 Å². The van der Waals surface area contributed by atoms with Gasteiger partial charge in [0, 0.05) is 10.4 Å². The second kappa shape index (κ2) is 6.84. The third-order valence-corrected chi connectivity index (χ3v) is 3.88. The molecule has 1 N–H and O–H groups in total. The molecule has 0 saturated carbocycles. The van der Waals surface area contributed by atoms with Crippen molar-refractivity contribution in [3.8, 4) is 5.69 Å². The molecule has 0 aliphatic carbocycles. The van der Waals surface area contributed by atoms with E-state index in [4.69, 9.17) is 11.6 Å². The van der Waals surface area contributed by atoms with Crippen LogP contribution in [0.1, 0.15) is 43.0 Å². The van der Waals surface area contributed by atoms with Gasteiger partial charge >= 0.3 is 0 Å². The maximum atomic E-state index is 12.4. The summed E-state index contributed by atoms with van der Waals surface area (Å²) in [5.41, 5.74) is 1.11. The lowest BCUT2D eigenvalue weighted by molar-refractivity contribution is 0.101. The Kier molecular flexibility index (Phi) is 4.73. The summed E-state index contributed by atoms with van der Waals surface area (Å²) < 4.78 is 1.59. The molecule has 0 radical (unpaired) electrons. The van der Waals surface area contributed by atoms with Gasteiger partial charge in [0.25, 0.3) is 5.91 Å². The monoisotopic (exact) mass is 370 g/mol. The summed E-state index contributed by atoms with van der Waals surface area (Å²) in [5, 5.41) is 7.61. The first-order valence-electron chi connectivity index (χ1n) is 8.07. The highest BCUT2D eigenvalue weighted by atomic mass is 35.5. The van der Waals surface area contributed by atoms with Gasteiger partial charge in [0.05, 0.1) is 23.8 Å². The molecule has 2 aromatic heterocycles. The Labute approximate surface area is 156 Å². The molecule has 0 unspecified atom stereocenters. The highest BCUT2D eigenvalue weighted by Crippen LogP contribution is 2.18. The van der Waals surface area contributed by atoms with Gasteiger partial charge in [-0.3, -0.25) is 4.79 Å². The molecule has 3 aromatic rings. The number of carbonyl (C=O) groups is 1. The van der Waals surface area contributed by atoms with Gasteiger partial charge in [0.1, 0.15) is 11.6 Å². The van der Waals surface area contributed by atoms with Gasteiger partial charge in [-0.15, -0.1) is 5.10 Å². The van der Waals surface area contributed by atoms with Gasteiger partial charge in [-0.2, -0.15) is 0 Å². The van der Waals surface area contributed by atoms with E-state index in [1.165, 1.54) is 0 Å². The minimum absolute atomic E-state index is 0.0670. The number of aromatic nitrogens is 5. The number of halogens is 1. The molecule has 134 valence electrons. The Morgan fingerprint density at radius 3 is 2.31 bits per heavy atom. The SMILES string of the molecule is Cc1nc(C(=O)Nc2cnc(C(C)(C)C)nc2)nn1-c1ccc(Cl)cc1. The summed E-state index contributed by atoms with van der Waals surface area (Å²) in [6.45, 7) is 7.85. The number of rotatable bonds is 3. The summed E-state index contributed by atoms with van der Waals surface area (Å²) in [4.78, 5) is 25.2. The fourth-order valence-corrected chi connectivity index (χ4v) is 2.41. The minimum atomic E-state index is -0.423. The first kappa shape index (κ1) is 18.0. The lowest BCUT2D eigenvalue weighted by Crippen LogP contribution is -2.18. The van der Waals surface area contributed by atoms with Crippen LogP contribution < -0.4 is 5.32 Å². The van der Waals surface area contributed by atoms with Crippen molar-refractivity contribution < 1.29 is 4.79 Å². The molecule has 0 bridgehead atoms. The Morgan fingerprint density at radius 2 is 1.73 bits per heavy atom. The average Bonchev–Trinajstić information content (AvgIpc) is 2.97. The summed E-state index contributed by atoms with van der Waals surface area (Å²) in [5.74, 6) is 0.943. The number of nitrogens with zero attached hydrogens (tertiary/aromatic N) is 5. The van der Waals surface area contributed by atoms with Crippen LogP contribution in [0.4, 0.5) is 5.69 Å². The van der Waals surface area contributed by atoms with Crippen molar-refractivity contribution in [3.05, 3.63) is 59.2 Å². The van der Waals surface area contributed by atoms with Gasteiger partial charge in [-0.25, -0.2) is 19.6 Å². The molecule has 0 aliphatic heterocycles. The number of hydrogen-bond acceptors (Lipinski definition) is 5. The molecule has 7 nitrogen and oxygen atoms in total. The van der Waals surface area contributed by atoms with Crippen LogP contribution in [0.2, 0.25) is 5.02 Å². The second-order valence-electron chi connectivity index (χ2n) is 6.87. The van der Waals surface area contributed by atoms with Crippen molar-refractivity contribution in [2.75, 3.05) is 5.32 Å². The molecule has 0 atom stereocenters. The van der Waals surface area contributed by atoms with Crippen LogP contribution in [0.5, 0.6) is 0 Å². The van der Waals surface area contributed by atoms with Crippen LogP contribution in [0.3, 0.4) is 0 Å². The van der Waals surface area contributed by atoms with Crippen LogP contribution in [-0.4, -0.2) is 30.6 Å². The van der Waals surface area contributed by atoms with E-state index in [-0.39, 0.29) is 11.2 Å². The van der Waals surface area contributed by atoms with E-state index in [0.717, 1.165) is 5.69 Å². The number of anilines is 1. The van der Waals surface area contributed by atoms with E-state index < -0.39 is 5.91 Å². The average molecular weight is 371 g/mol. The predicted molar refractivity (Wildman–Crippen MR) is 99.8 cm³/mol. The highest BCUT2D eigenvalue weighted by Gasteiger charge is 2.18. The summed E-state index contributed by atoms with van der Waals surface area (Å²) in [6.07, 6.45) is 3.16. The topological polar surface area (TPSA) is 85.6 Å². The van der Waals surface area contributed by atoms with Crippen molar-refractivity contribution in [2.45, 2.75) is 33.1 Å². The van der Waals surface area contributed by atoms with Crippen LogP contribution in [-0.2, 0) is 5.41 Å². The lowest BCUT2D eigenvalue weighted by Gasteiger charge is -2.16. The van der Waals surface area contributed by atoms with Gasteiger partial charge in [-0.1, -0.05) is 32.4 Å². The van der Waals surface area contributed by atoms with E-state index in [1.807, 2.05) is 32.9 Å². The van der Waals surface area contributed by atoms with Gasteiger partial charge in [-0.05, 0) is 31.2 Å². The molecule has 26 heavy (non-hydrogen) atoms. The number of aryl methyl sites for hydroxylation is 1. The first-order chi connectivity index (χ1) is 12.2. The molecule has 3 rings (SSSR count). The smallest absolute Gasteiger partial charge is 0.295 e. The van der Waals surface area contributed by atoms with E-state index in [1.54, 1.807) is 36.1 Å². The number of hydrogen-bond donors (Lipinski definition) is 1. The molecule has 0 spiro atoms. The largest absolute Gasteiger partial charge is 0.317 e. The normalized spacial score (nSPS) is 11.4. The van der Waals surface area contributed by atoms with Crippen LogP contribution in [0.15, 0.2) is 36.7 Å². The standard InChI is InChI=1S/C18H19ClN6O/c1-11-22-15(24-25(11)14-7-5-12(19)6-8-14)16(26)23-13-9-20-17(21-10-13)18(2,3)4/h5-10H,1-4H3,(H,23,26). The Morgan fingerprint density at radius 1 is 1.12 bits per heavy atom. The fraction of sp³-hybridized carbons (Fsp3) is 0.278. The van der Waals surface area contributed by atoms with Crippen molar-refractivity contribution in [2.24, 2.45) is 0 Å². The number of benzene rings is 1. The Bertz CT molecular complexity index is 926. The molecule has 8 heteroatoms. The van der Waals surface area contributed by atoms with Crippen LogP contribution >= 0.6 is 11.6 Å². The molecular weight excluding hydrogens is 352 g/mol.